The van der Waals surface area contributed by atoms with Gasteiger partial charge in [0.05, 0.1) is 4.88 Å². The lowest BCUT2D eigenvalue weighted by Crippen LogP contribution is -2.21. The molecule has 2 aromatic carbocycles. The quantitative estimate of drug-likeness (QED) is 0.572. The Balaban J connectivity index is 1.48. The summed E-state index contributed by atoms with van der Waals surface area (Å²) in [7, 11) is 0. The van der Waals surface area contributed by atoms with Gasteiger partial charge < -0.3 is 5.32 Å². The molecular weight excluding hydrogens is 328 g/mol. The van der Waals surface area contributed by atoms with E-state index in [9.17, 15) is 4.79 Å². The Hall–Kier alpha value is -2.98. The minimum atomic E-state index is -0.0319. The molecule has 0 spiro atoms. The predicted octanol–water partition coefficient (Wildman–Crippen LogP) is 4.89. The number of amides is 1. The zero-order chi connectivity index (χ0) is 17.1. The van der Waals surface area contributed by atoms with Crippen LogP contribution in [0.1, 0.15) is 15.2 Å². The molecule has 4 aromatic rings. The fourth-order valence-electron chi connectivity index (χ4n) is 2.77. The number of nitrogens with one attached hydrogen (secondary N) is 1. The van der Waals surface area contributed by atoms with Crippen LogP contribution in [0.15, 0.2) is 79.1 Å². The highest BCUT2D eigenvalue weighted by atomic mass is 32.1. The monoisotopic (exact) mass is 344 g/mol. The summed E-state index contributed by atoms with van der Waals surface area (Å²) in [6, 6.07) is 22.1. The number of benzene rings is 2. The molecule has 0 radical (unpaired) electrons. The van der Waals surface area contributed by atoms with Crippen molar-refractivity contribution < 1.29 is 4.79 Å². The van der Waals surface area contributed by atoms with Gasteiger partial charge in [0.2, 0.25) is 0 Å². The van der Waals surface area contributed by atoms with Gasteiger partial charge in [-0.1, -0.05) is 36.4 Å². The number of carbonyl (C=O) groups excluding carboxylic acids is 1. The summed E-state index contributed by atoms with van der Waals surface area (Å²) in [4.78, 5) is 17.2. The van der Waals surface area contributed by atoms with Crippen LogP contribution in [0, 0.1) is 0 Å². The van der Waals surface area contributed by atoms with E-state index < -0.39 is 0 Å². The number of aromatic nitrogens is 1. The van der Waals surface area contributed by atoms with Crippen molar-refractivity contribution in [2.45, 2.75) is 6.54 Å². The third-order valence-electron chi connectivity index (χ3n) is 4.04. The summed E-state index contributed by atoms with van der Waals surface area (Å²) < 4.78 is 1.13. The van der Waals surface area contributed by atoms with Crippen LogP contribution in [-0.4, -0.2) is 10.9 Å². The molecule has 0 atom stereocenters. The van der Waals surface area contributed by atoms with Crippen LogP contribution in [-0.2, 0) is 6.54 Å². The van der Waals surface area contributed by atoms with Crippen LogP contribution >= 0.6 is 11.3 Å². The second-order valence-corrected chi connectivity index (χ2v) is 6.85. The molecule has 0 fully saturated rings. The molecule has 25 heavy (non-hydrogen) atoms. The Morgan fingerprint density at radius 2 is 1.76 bits per heavy atom. The van der Waals surface area contributed by atoms with E-state index in [1.807, 2.05) is 54.6 Å². The summed E-state index contributed by atoms with van der Waals surface area (Å²) in [6.07, 6.45) is 3.57. The molecule has 2 heterocycles. The van der Waals surface area contributed by atoms with Gasteiger partial charge >= 0.3 is 0 Å². The molecule has 0 bridgehead atoms. The van der Waals surface area contributed by atoms with E-state index in [0.29, 0.717) is 6.54 Å². The van der Waals surface area contributed by atoms with Crippen LogP contribution < -0.4 is 5.32 Å². The number of hydrogen-bond donors (Lipinski definition) is 1. The summed E-state index contributed by atoms with van der Waals surface area (Å²) in [5, 5.41) is 4.12. The van der Waals surface area contributed by atoms with Gasteiger partial charge in [-0.05, 0) is 52.4 Å². The van der Waals surface area contributed by atoms with Gasteiger partial charge in [-0.25, -0.2) is 0 Å². The second-order valence-electron chi connectivity index (χ2n) is 5.77. The third-order valence-corrected chi connectivity index (χ3v) is 5.16. The summed E-state index contributed by atoms with van der Waals surface area (Å²) in [5.74, 6) is -0.0319. The summed E-state index contributed by atoms with van der Waals surface area (Å²) in [5.41, 5.74) is 3.31. The van der Waals surface area contributed by atoms with Crippen LogP contribution in [0.25, 0.3) is 21.2 Å². The van der Waals surface area contributed by atoms with E-state index in [1.54, 1.807) is 12.4 Å². The highest BCUT2D eigenvalue weighted by Gasteiger charge is 2.10. The Bertz CT molecular complexity index is 991. The number of carbonyl (C=O) groups is 1. The molecule has 0 unspecified atom stereocenters. The molecule has 4 rings (SSSR count). The lowest BCUT2D eigenvalue weighted by atomic mass is 10.0. The topological polar surface area (TPSA) is 42.0 Å². The maximum absolute atomic E-state index is 12.4. The number of fused-ring (bicyclic) bond motifs is 1. The summed E-state index contributed by atoms with van der Waals surface area (Å²) in [6.45, 7) is 0.506. The highest BCUT2D eigenvalue weighted by molar-refractivity contribution is 7.20. The maximum Gasteiger partial charge on any atom is 0.261 e. The average molecular weight is 344 g/mol. The molecule has 0 aliphatic heterocycles. The van der Waals surface area contributed by atoms with Gasteiger partial charge in [0, 0.05) is 23.6 Å². The molecule has 0 saturated heterocycles. The first-order valence-corrected chi connectivity index (χ1v) is 8.87. The number of nitrogens with zero attached hydrogens (tertiary/aromatic N) is 1. The number of thiophene rings is 1. The van der Waals surface area contributed by atoms with E-state index in [4.69, 9.17) is 0 Å². The Morgan fingerprint density at radius 1 is 0.920 bits per heavy atom. The van der Waals surface area contributed by atoms with E-state index in [1.165, 1.54) is 11.3 Å². The molecular formula is C21H16N2OS. The molecule has 1 N–H and O–H groups in total. The Labute approximate surface area is 150 Å². The standard InChI is InChI=1S/C21H16N2OS/c24-21(20-13-18-5-1-2-7-19(18)25-20)23-14-15-4-3-6-17(12-15)16-8-10-22-11-9-16/h1-13H,14H2,(H,23,24). The normalized spacial score (nSPS) is 10.7. The van der Waals surface area contributed by atoms with Gasteiger partial charge in [0.1, 0.15) is 0 Å². The zero-order valence-corrected chi connectivity index (χ0v) is 14.3. The van der Waals surface area contributed by atoms with Crippen molar-refractivity contribution in [3.8, 4) is 11.1 Å². The van der Waals surface area contributed by atoms with Gasteiger partial charge in [0.25, 0.3) is 5.91 Å². The fourth-order valence-corrected chi connectivity index (χ4v) is 3.75. The minimum absolute atomic E-state index is 0.0319. The van der Waals surface area contributed by atoms with Gasteiger partial charge in [-0.3, -0.25) is 9.78 Å². The average Bonchev–Trinajstić information content (AvgIpc) is 3.11. The van der Waals surface area contributed by atoms with E-state index in [-0.39, 0.29) is 5.91 Å². The molecule has 0 aliphatic carbocycles. The van der Waals surface area contributed by atoms with Crippen LogP contribution in [0.2, 0.25) is 0 Å². The minimum Gasteiger partial charge on any atom is -0.347 e. The van der Waals surface area contributed by atoms with Crippen LogP contribution in [0.5, 0.6) is 0 Å². The Morgan fingerprint density at radius 3 is 2.60 bits per heavy atom. The smallest absolute Gasteiger partial charge is 0.261 e. The molecule has 0 saturated carbocycles. The molecule has 1 amide bonds. The highest BCUT2D eigenvalue weighted by Crippen LogP contribution is 2.25. The predicted molar refractivity (Wildman–Crippen MR) is 103 cm³/mol. The van der Waals surface area contributed by atoms with Crippen molar-refractivity contribution in [2.24, 2.45) is 0 Å². The zero-order valence-electron chi connectivity index (χ0n) is 13.5. The number of hydrogen-bond acceptors (Lipinski definition) is 3. The lowest BCUT2D eigenvalue weighted by molar-refractivity contribution is 0.0955. The van der Waals surface area contributed by atoms with Gasteiger partial charge in [0.15, 0.2) is 0 Å². The third kappa shape index (κ3) is 3.44. The van der Waals surface area contributed by atoms with Gasteiger partial charge in [-0.15, -0.1) is 11.3 Å². The number of rotatable bonds is 4. The Kier molecular flexibility index (Phi) is 4.27. The first-order valence-electron chi connectivity index (χ1n) is 8.06. The maximum atomic E-state index is 12.4. The van der Waals surface area contributed by atoms with Crippen molar-refractivity contribution in [1.29, 1.82) is 0 Å². The van der Waals surface area contributed by atoms with Crippen molar-refractivity contribution in [2.75, 3.05) is 0 Å². The van der Waals surface area contributed by atoms with E-state index in [2.05, 4.69) is 22.4 Å². The molecule has 122 valence electrons. The second kappa shape index (κ2) is 6.87. The summed E-state index contributed by atoms with van der Waals surface area (Å²) >= 11 is 1.52. The van der Waals surface area contributed by atoms with Crippen molar-refractivity contribution in [1.82, 2.24) is 10.3 Å². The largest absolute Gasteiger partial charge is 0.347 e. The van der Waals surface area contributed by atoms with E-state index >= 15 is 0 Å². The molecule has 2 aromatic heterocycles. The van der Waals surface area contributed by atoms with Gasteiger partial charge in [-0.2, -0.15) is 0 Å². The first-order chi connectivity index (χ1) is 12.3. The molecule has 0 aliphatic rings. The SMILES string of the molecule is O=C(NCc1cccc(-c2ccncc2)c1)c1cc2ccccc2s1. The van der Waals surface area contributed by atoms with Crippen LogP contribution in [0.4, 0.5) is 0 Å². The molecule has 3 nitrogen and oxygen atoms in total. The van der Waals surface area contributed by atoms with Crippen molar-refractivity contribution in [3.05, 3.63) is 89.6 Å². The fraction of sp³-hybridized carbons (Fsp3) is 0.0476. The number of pyridine rings is 1. The van der Waals surface area contributed by atoms with Crippen molar-refractivity contribution >= 4 is 27.3 Å². The lowest BCUT2D eigenvalue weighted by Gasteiger charge is -2.07. The van der Waals surface area contributed by atoms with E-state index in [0.717, 1.165) is 31.7 Å². The van der Waals surface area contributed by atoms with Crippen LogP contribution in [0.3, 0.4) is 0 Å². The molecule has 4 heteroatoms. The first kappa shape index (κ1) is 15.5. The van der Waals surface area contributed by atoms with Crippen molar-refractivity contribution in [3.63, 3.8) is 0 Å².